The number of hydrogen-bond acceptors (Lipinski definition) is 2. The highest BCUT2D eigenvalue weighted by Crippen LogP contribution is 2.46. The zero-order valence-corrected chi connectivity index (χ0v) is 8.56. The molecule has 0 radical (unpaired) electrons. The SMILES string of the molecule is C=CCP(=O)(CC=C)OCCC. The van der Waals surface area contributed by atoms with E-state index in [0.717, 1.165) is 6.42 Å². The first kappa shape index (κ1) is 11.7. The Morgan fingerprint density at radius 1 is 1.33 bits per heavy atom. The van der Waals surface area contributed by atoms with Gasteiger partial charge < -0.3 is 4.52 Å². The molecular formula is C9H17O2P. The average molecular weight is 188 g/mol. The Hall–Kier alpha value is -0.330. The van der Waals surface area contributed by atoms with Gasteiger partial charge in [0.2, 0.25) is 7.37 Å². The van der Waals surface area contributed by atoms with Gasteiger partial charge in [-0.2, -0.15) is 0 Å². The highest BCUT2D eigenvalue weighted by molar-refractivity contribution is 7.59. The lowest BCUT2D eigenvalue weighted by Crippen LogP contribution is -1.97. The molecule has 0 aliphatic rings. The van der Waals surface area contributed by atoms with E-state index in [-0.39, 0.29) is 0 Å². The van der Waals surface area contributed by atoms with Crippen LogP contribution in [-0.2, 0) is 9.09 Å². The van der Waals surface area contributed by atoms with Gasteiger partial charge in [-0.1, -0.05) is 19.1 Å². The minimum absolute atomic E-state index is 0.443. The maximum absolute atomic E-state index is 11.8. The molecule has 0 spiro atoms. The maximum atomic E-state index is 11.8. The van der Waals surface area contributed by atoms with Crippen molar-refractivity contribution in [1.82, 2.24) is 0 Å². The summed E-state index contributed by atoms with van der Waals surface area (Å²) in [6.45, 7) is 9.65. The Labute approximate surface area is 74.8 Å². The number of rotatable bonds is 7. The molecule has 0 amide bonds. The van der Waals surface area contributed by atoms with Crippen molar-refractivity contribution in [3.8, 4) is 0 Å². The fourth-order valence-corrected chi connectivity index (χ4v) is 2.49. The van der Waals surface area contributed by atoms with Crippen LogP contribution in [0.5, 0.6) is 0 Å². The van der Waals surface area contributed by atoms with E-state index in [1.807, 2.05) is 6.92 Å². The quantitative estimate of drug-likeness (QED) is 0.453. The van der Waals surface area contributed by atoms with Gasteiger partial charge in [0.05, 0.1) is 6.61 Å². The van der Waals surface area contributed by atoms with Crippen LogP contribution in [0.4, 0.5) is 0 Å². The van der Waals surface area contributed by atoms with Crippen LogP contribution in [0.1, 0.15) is 13.3 Å². The van der Waals surface area contributed by atoms with Crippen LogP contribution < -0.4 is 0 Å². The van der Waals surface area contributed by atoms with Crippen LogP contribution in [-0.4, -0.2) is 18.9 Å². The molecule has 0 saturated heterocycles. The first-order valence-electron chi connectivity index (χ1n) is 4.13. The molecule has 0 bridgehead atoms. The molecule has 0 saturated carbocycles. The molecule has 0 aliphatic carbocycles. The van der Waals surface area contributed by atoms with E-state index >= 15 is 0 Å². The topological polar surface area (TPSA) is 26.3 Å². The molecule has 0 aromatic heterocycles. The lowest BCUT2D eigenvalue weighted by atomic mass is 10.5. The normalized spacial score (nSPS) is 11.1. The minimum Gasteiger partial charge on any atom is -0.328 e. The van der Waals surface area contributed by atoms with Crippen molar-refractivity contribution in [3.63, 3.8) is 0 Å². The largest absolute Gasteiger partial charge is 0.328 e. The number of allylic oxidation sites excluding steroid dienone is 2. The second kappa shape index (κ2) is 6.22. The summed E-state index contributed by atoms with van der Waals surface area (Å²) in [4.78, 5) is 0. The average Bonchev–Trinajstić information content (AvgIpc) is 2.02. The highest BCUT2D eigenvalue weighted by Gasteiger charge is 2.18. The van der Waals surface area contributed by atoms with E-state index in [0.29, 0.717) is 18.9 Å². The fraction of sp³-hybridized carbons (Fsp3) is 0.556. The Morgan fingerprint density at radius 3 is 2.17 bits per heavy atom. The monoisotopic (exact) mass is 188 g/mol. The van der Waals surface area contributed by atoms with Gasteiger partial charge in [-0.05, 0) is 6.42 Å². The van der Waals surface area contributed by atoms with E-state index in [9.17, 15) is 4.57 Å². The molecule has 0 unspecified atom stereocenters. The van der Waals surface area contributed by atoms with Crippen molar-refractivity contribution in [1.29, 1.82) is 0 Å². The zero-order valence-electron chi connectivity index (χ0n) is 7.66. The summed E-state index contributed by atoms with van der Waals surface area (Å²) in [6, 6.07) is 0. The molecule has 12 heavy (non-hydrogen) atoms. The standard InChI is InChI=1S/C9H17O2P/c1-4-7-11-12(10,8-5-2)9-6-3/h5-6H,2-4,7-9H2,1H3. The predicted molar refractivity (Wildman–Crippen MR) is 54.0 cm³/mol. The molecule has 0 atom stereocenters. The molecular weight excluding hydrogens is 171 g/mol. The molecule has 0 aromatic carbocycles. The van der Waals surface area contributed by atoms with E-state index in [2.05, 4.69) is 13.2 Å². The fourth-order valence-electron chi connectivity index (χ4n) is 0.831. The van der Waals surface area contributed by atoms with Crippen LogP contribution >= 0.6 is 7.37 Å². The van der Waals surface area contributed by atoms with Crippen molar-refractivity contribution in [2.75, 3.05) is 18.9 Å². The third kappa shape index (κ3) is 4.53. The van der Waals surface area contributed by atoms with Gasteiger partial charge in [0.15, 0.2) is 0 Å². The van der Waals surface area contributed by atoms with Gasteiger partial charge in [0.25, 0.3) is 0 Å². The first-order chi connectivity index (χ1) is 5.68. The van der Waals surface area contributed by atoms with Crippen molar-refractivity contribution in [3.05, 3.63) is 25.3 Å². The third-order valence-electron chi connectivity index (χ3n) is 1.35. The summed E-state index contributed by atoms with van der Waals surface area (Å²) in [5.41, 5.74) is 0. The molecule has 0 heterocycles. The van der Waals surface area contributed by atoms with E-state index in [1.54, 1.807) is 12.2 Å². The van der Waals surface area contributed by atoms with E-state index in [4.69, 9.17) is 4.52 Å². The minimum atomic E-state index is -2.47. The first-order valence-corrected chi connectivity index (χ1v) is 6.12. The van der Waals surface area contributed by atoms with Gasteiger partial charge in [0, 0.05) is 12.3 Å². The smallest absolute Gasteiger partial charge is 0.210 e. The molecule has 0 rings (SSSR count). The van der Waals surface area contributed by atoms with Crippen molar-refractivity contribution >= 4 is 7.37 Å². The van der Waals surface area contributed by atoms with Crippen molar-refractivity contribution in [2.24, 2.45) is 0 Å². The second-order valence-electron chi connectivity index (χ2n) is 2.59. The maximum Gasteiger partial charge on any atom is 0.210 e. The Balaban J connectivity index is 4.07. The Bertz CT molecular complexity index is 173. The molecule has 0 aliphatic heterocycles. The Kier molecular flexibility index (Phi) is 6.04. The van der Waals surface area contributed by atoms with Crippen molar-refractivity contribution < 1.29 is 9.09 Å². The molecule has 70 valence electrons. The summed E-state index contributed by atoms with van der Waals surface area (Å²) in [5, 5.41) is 0. The molecule has 3 heteroatoms. The molecule has 0 N–H and O–H groups in total. The summed E-state index contributed by atoms with van der Waals surface area (Å²) in [6.07, 6.45) is 5.05. The van der Waals surface area contributed by atoms with E-state index < -0.39 is 7.37 Å². The highest BCUT2D eigenvalue weighted by atomic mass is 31.2. The summed E-state index contributed by atoms with van der Waals surface area (Å²) < 4.78 is 17.1. The lowest BCUT2D eigenvalue weighted by molar-refractivity contribution is 0.316. The van der Waals surface area contributed by atoms with Gasteiger partial charge >= 0.3 is 0 Å². The summed E-state index contributed by atoms with van der Waals surface area (Å²) >= 11 is 0. The van der Waals surface area contributed by atoms with Crippen LogP contribution in [0.25, 0.3) is 0 Å². The summed E-state index contributed by atoms with van der Waals surface area (Å²) in [5.74, 6) is 0. The van der Waals surface area contributed by atoms with Crippen LogP contribution in [0.15, 0.2) is 25.3 Å². The Morgan fingerprint density at radius 2 is 1.83 bits per heavy atom. The summed E-state index contributed by atoms with van der Waals surface area (Å²) in [7, 11) is -2.47. The second-order valence-corrected chi connectivity index (χ2v) is 5.21. The zero-order chi connectivity index (χ0) is 9.45. The molecule has 2 nitrogen and oxygen atoms in total. The van der Waals surface area contributed by atoms with Gasteiger partial charge in [-0.25, -0.2) is 0 Å². The van der Waals surface area contributed by atoms with Crippen LogP contribution in [0.3, 0.4) is 0 Å². The van der Waals surface area contributed by atoms with E-state index in [1.165, 1.54) is 0 Å². The third-order valence-corrected chi connectivity index (χ3v) is 3.63. The van der Waals surface area contributed by atoms with Crippen LogP contribution in [0, 0.1) is 0 Å². The van der Waals surface area contributed by atoms with Gasteiger partial charge in [0.1, 0.15) is 0 Å². The molecule has 0 aromatic rings. The predicted octanol–water partition coefficient (Wildman–Crippen LogP) is 3.06. The van der Waals surface area contributed by atoms with Gasteiger partial charge in [-0.3, -0.25) is 4.57 Å². The number of hydrogen-bond donors (Lipinski definition) is 0. The molecule has 0 fully saturated rings. The van der Waals surface area contributed by atoms with Crippen molar-refractivity contribution in [2.45, 2.75) is 13.3 Å². The van der Waals surface area contributed by atoms with Crippen LogP contribution in [0.2, 0.25) is 0 Å². The van der Waals surface area contributed by atoms with Gasteiger partial charge in [-0.15, -0.1) is 13.2 Å². The lowest BCUT2D eigenvalue weighted by Gasteiger charge is -2.14.